The summed E-state index contributed by atoms with van der Waals surface area (Å²) in [5.74, 6) is 0. The zero-order chi connectivity index (χ0) is 23.1. The van der Waals surface area contributed by atoms with Gasteiger partial charge < -0.3 is 24.8 Å². The molecule has 0 aliphatic heterocycles. The van der Waals surface area contributed by atoms with Crippen molar-refractivity contribution < 1.29 is 46.6 Å². The molecular weight excluding hydrogens is 558 g/mol. The molecular formula is C33H27Cl2Zr. The van der Waals surface area contributed by atoms with Crippen molar-refractivity contribution in [3.63, 3.8) is 0 Å². The van der Waals surface area contributed by atoms with Crippen molar-refractivity contribution >= 4 is 12.2 Å². The molecule has 0 heterocycles. The van der Waals surface area contributed by atoms with E-state index in [2.05, 4.69) is 135 Å². The van der Waals surface area contributed by atoms with E-state index in [1.54, 1.807) is 22.3 Å². The molecule has 0 N–H and O–H groups in total. The smallest absolute Gasteiger partial charge is 0.106 e. The van der Waals surface area contributed by atoms with Crippen molar-refractivity contribution in [2.24, 2.45) is 0 Å². The van der Waals surface area contributed by atoms with Crippen LogP contribution in [0.3, 0.4) is 0 Å². The summed E-state index contributed by atoms with van der Waals surface area (Å²) in [7, 11) is 0. The Hall–Kier alpha value is -2.44. The molecule has 7 rings (SSSR count). The molecule has 0 saturated heterocycles. The van der Waals surface area contributed by atoms with Gasteiger partial charge >= 0.3 is 199 Å². The van der Waals surface area contributed by atoms with E-state index in [1.165, 1.54) is 22.3 Å². The summed E-state index contributed by atoms with van der Waals surface area (Å²) in [6.45, 7) is 6.00. The fourth-order valence-electron chi connectivity index (χ4n) is 6.15. The molecule has 0 amide bonds. The summed E-state index contributed by atoms with van der Waals surface area (Å²) < 4.78 is 1.73. The topological polar surface area (TPSA) is 0 Å². The molecule has 0 spiro atoms. The Balaban J connectivity index is 0.000000743. The van der Waals surface area contributed by atoms with Crippen LogP contribution in [0.25, 0.3) is 23.3 Å². The summed E-state index contributed by atoms with van der Waals surface area (Å²) in [6, 6.07) is 36.6. The van der Waals surface area contributed by atoms with Crippen LogP contribution in [0.15, 0.2) is 122 Å². The fraction of sp³-hybridized carbons (Fsp3) is 0.0909. The summed E-state index contributed by atoms with van der Waals surface area (Å²) in [4.78, 5) is 0. The summed E-state index contributed by atoms with van der Waals surface area (Å²) in [5.41, 5.74) is 12.0. The van der Waals surface area contributed by atoms with Crippen LogP contribution in [0.1, 0.15) is 44.3 Å². The Morgan fingerprint density at radius 1 is 0.472 bits per heavy atom. The molecule has 3 aliphatic carbocycles. The first kappa shape index (κ1) is 26.6. The third kappa shape index (κ3) is 4.22. The van der Waals surface area contributed by atoms with Gasteiger partial charge in [-0.25, -0.2) is 0 Å². The summed E-state index contributed by atoms with van der Waals surface area (Å²) in [5, 5.41) is 0. The Bertz CT molecular complexity index is 1330. The quantitative estimate of drug-likeness (QED) is 0.325. The molecule has 0 nitrogen and oxygen atoms in total. The molecule has 4 aromatic rings. The minimum Gasteiger partial charge on any atom is -1.00 e. The maximum Gasteiger partial charge on any atom is -0.106 e. The van der Waals surface area contributed by atoms with E-state index in [0.717, 1.165) is 0 Å². The van der Waals surface area contributed by atoms with Gasteiger partial charge in [0.05, 0.1) is 0 Å². The van der Waals surface area contributed by atoms with Crippen molar-refractivity contribution in [1.29, 1.82) is 0 Å². The third-order valence-electron chi connectivity index (χ3n) is 7.48. The number of fused-ring (bicyclic) bond motifs is 5. The Kier molecular flexibility index (Phi) is 8.36. The van der Waals surface area contributed by atoms with Gasteiger partial charge in [0.15, 0.2) is 0 Å². The van der Waals surface area contributed by atoms with Gasteiger partial charge in [0.2, 0.25) is 0 Å². The Morgan fingerprint density at radius 3 is 1.28 bits per heavy atom. The van der Waals surface area contributed by atoms with E-state index in [1.807, 2.05) is 0 Å². The fourth-order valence-corrected chi connectivity index (χ4v) is 16.5. The van der Waals surface area contributed by atoms with Crippen LogP contribution in [0.2, 0.25) is 0 Å². The molecule has 4 aromatic carbocycles. The molecule has 36 heavy (non-hydrogen) atoms. The van der Waals surface area contributed by atoms with Gasteiger partial charge in [0.25, 0.3) is 0 Å². The second-order valence-corrected chi connectivity index (χ2v) is 16.0. The van der Waals surface area contributed by atoms with Crippen LogP contribution in [-0.4, -0.2) is 0 Å². The van der Waals surface area contributed by atoms with Gasteiger partial charge in [0.1, 0.15) is 0 Å². The third-order valence-corrected chi connectivity index (χ3v) is 16.7. The molecule has 0 aromatic heterocycles. The van der Waals surface area contributed by atoms with Gasteiger partial charge in [-0.05, 0) is 0 Å². The van der Waals surface area contributed by atoms with E-state index < -0.39 is 21.8 Å². The molecule has 2 atom stereocenters. The van der Waals surface area contributed by atoms with Crippen LogP contribution < -0.4 is 24.8 Å². The zero-order valence-corrected chi connectivity index (χ0v) is 23.9. The second kappa shape index (κ2) is 11.3. The first-order chi connectivity index (χ1) is 16.9. The Morgan fingerprint density at radius 2 is 0.833 bits per heavy atom. The number of hydrogen-bond donors (Lipinski definition) is 0. The van der Waals surface area contributed by atoms with Gasteiger partial charge in [-0.15, -0.1) is 13.2 Å². The van der Waals surface area contributed by atoms with Crippen LogP contribution in [0, 0.1) is 0 Å². The van der Waals surface area contributed by atoms with E-state index in [0.29, 0.717) is 10.9 Å². The summed E-state index contributed by atoms with van der Waals surface area (Å²) in [6.07, 6.45) is 9.88. The average Bonchev–Trinajstić information content (AvgIpc) is 3.61. The predicted octanol–water partition coefficient (Wildman–Crippen LogP) is 2.72. The van der Waals surface area contributed by atoms with Gasteiger partial charge in [-0.3, -0.25) is 0 Å². The van der Waals surface area contributed by atoms with Crippen LogP contribution >= 0.6 is 0 Å². The summed E-state index contributed by atoms with van der Waals surface area (Å²) >= 11 is -2.32. The first-order valence-corrected chi connectivity index (χ1v) is 16.2. The number of benzene rings is 4. The van der Waals surface area contributed by atoms with Crippen LogP contribution in [-0.2, 0) is 21.8 Å². The minimum atomic E-state index is -2.32. The molecule has 0 saturated carbocycles. The largest absolute Gasteiger partial charge is 1.00 e. The Labute approximate surface area is 235 Å². The zero-order valence-electron chi connectivity index (χ0n) is 19.9. The maximum atomic E-state index is 3.00. The molecule has 3 aliphatic rings. The number of rotatable bonds is 3. The normalized spacial score (nSPS) is 17.4. The average molecular weight is 586 g/mol. The molecule has 0 radical (unpaired) electrons. The number of halogens is 2. The van der Waals surface area contributed by atoms with Crippen LogP contribution in [0.5, 0.6) is 0 Å². The SMILES string of the molecule is C1=C[CH]([Zr+2]([CH]2C=Cc3ccccc32)[CH]2c3ccccc3-c3ccccc32)c2ccccc21.C=C.[Cl-].[Cl-]. The standard InChI is InChI=1S/C13H9.2C9H7.C2H4.2ClH.Zr/c1-3-7-12-10(5-1)9-11-6-2-4-8-13(11)12;2*1-2-5-9-7-3-6-8(9)4-1;1-2;;;/h1-9H;2*1-7H;1-2H2;2*1H;/q;;;;;;+2/p-2. The molecule has 3 heteroatoms. The van der Waals surface area contributed by atoms with Crippen molar-refractivity contribution in [1.82, 2.24) is 0 Å². The van der Waals surface area contributed by atoms with Gasteiger partial charge in [0, 0.05) is 0 Å². The minimum absolute atomic E-state index is 0. The molecule has 177 valence electrons. The van der Waals surface area contributed by atoms with Crippen molar-refractivity contribution in [3.05, 3.63) is 156 Å². The maximum absolute atomic E-state index is 3.00. The van der Waals surface area contributed by atoms with E-state index in [4.69, 9.17) is 0 Å². The molecule has 0 bridgehead atoms. The van der Waals surface area contributed by atoms with Crippen LogP contribution in [0.4, 0.5) is 0 Å². The number of allylic oxidation sites excluding steroid dienone is 2. The molecule has 0 fully saturated rings. The van der Waals surface area contributed by atoms with Gasteiger partial charge in [-0.2, -0.15) is 0 Å². The number of hydrogen-bond acceptors (Lipinski definition) is 0. The van der Waals surface area contributed by atoms with E-state index >= 15 is 0 Å². The second-order valence-electron chi connectivity index (χ2n) is 9.04. The molecule has 2 unspecified atom stereocenters. The van der Waals surface area contributed by atoms with Crippen molar-refractivity contribution in [2.75, 3.05) is 0 Å². The van der Waals surface area contributed by atoms with Gasteiger partial charge in [-0.1, -0.05) is 0 Å². The van der Waals surface area contributed by atoms with Crippen molar-refractivity contribution in [2.45, 2.75) is 10.9 Å². The van der Waals surface area contributed by atoms with E-state index in [9.17, 15) is 0 Å². The monoisotopic (exact) mass is 583 g/mol. The first-order valence-electron chi connectivity index (χ1n) is 12.0. The predicted molar refractivity (Wildman–Crippen MR) is 141 cm³/mol. The van der Waals surface area contributed by atoms with E-state index in [-0.39, 0.29) is 24.8 Å². The van der Waals surface area contributed by atoms with Crippen molar-refractivity contribution in [3.8, 4) is 11.1 Å².